The number of rotatable bonds is 1. The van der Waals surface area contributed by atoms with Gasteiger partial charge in [-0.1, -0.05) is 0 Å². The molecule has 41 valence electrons. The summed E-state index contributed by atoms with van der Waals surface area (Å²) in [6.07, 6.45) is 4.37. The molecule has 1 heterocycles. The quantitative estimate of drug-likeness (QED) is 0.572. The Kier molecular flexibility index (Phi) is 0.692. The van der Waals surface area contributed by atoms with E-state index in [0.717, 1.165) is 5.69 Å². The van der Waals surface area contributed by atoms with Crippen LogP contribution in [0.4, 0.5) is 0 Å². The van der Waals surface area contributed by atoms with E-state index in [1.165, 1.54) is 18.8 Å². The van der Waals surface area contributed by atoms with Gasteiger partial charge in [-0.15, -0.1) is 0 Å². The molecular weight excluding hydrogens is 100 g/mol. The van der Waals surface area contributed by atoms with E-state index in [2.05, 4.69) is 10.2 Å². The second kappa shape index (κ2) is 1.34. The SMILES string of the molecule is c1cc([C]2CC2)n[nH]1. The van der Waals surface area contributed by atoms with Crippen LogP contribution in [0.15, 0.2) is 12.3 Å². The van der Waals surface area contributed by atoms with E-state index >= 15 is 0 Å². The van der Waals surface area contributed by atoms with Crippen molar-refractivity contribution >= 4 is 0 Å². The monoisotopic (exact) mass is 107 g/mol. The van der Waals surface area contributed by atoms with Gasteiger partial charge >= 0.3 is 0 Å². The standard InChI is InChI=1S/C6H7N2/c1-2-5(1)6-3-4-7-8-6/h3-4H,1-2H2,(H,7,8). The molecule has 1 aliphatic rings. The van der Waals surface area contributed by atoms with Crippen LogP contribution in [0.5, 0.6) is 0 Å². The molecule has 1 saturated carbocycles. The zero-order valence-corrected chi connectivity index (χ0v) is 4.52. The van der Waals surface area contributed by atoms with Gasteiger partial charge in [0.05, 0.1) is 5.69 Å². The number of H-pyrrole nitrogens is 1. The topological polar surface area (TPSA) is 28.7 Å². The molecule has 1 aromatic rings. The Morgan fingerprint density at radius 3 is 2.88 bits per heavy atom. The average molecular weight is 107 g/mol. The lowest BCUT2D eigenvalue weighted by atomic mass is 10.3. The van der Waals surface area contributed by atoms with Gasteiger partial charge in [0.15, 0.2) is 0 Å². The van der Waals surface area contributed by atoms with Gasteiger partial charge in [-0.25, -0.2) is 0 Å². The molecule has 2 nitrogen and oxygen atoms in total. The van der Waals surface area contributed by atoms with Gasteiger partial charge in [-0.3, -0.25) is 5.10 Å². The molecule has 1 radical (unpaired) electrons. The molecule has 0 bridgehead atoms. The van der Waals surface area contributed by atoms with Gasteiger partial charge in [0.1, 0.15) is 0 Å². The maximum absolute atomic E-state index is 4.02. The van der Waals surface area contributed by atoms with E-state index in [9.17, 15) is 0 Å². The van der Waals surface area contributed by atoms with E-state index in [4.69, 9.17) is 0 Å². The fraction of sp³-hybridized carbons (Fsp3) is 0.333. The molecule has 2 heteroatoms. The molecule has 1 N–H and O–H groups in total. The zero-order valence-electron chi connectivity index (χ0n) is 4.52. The summed E-state index contributed by atoms with van der Waals surface area (Å²) < 4.78 is 0. The molecule has 1 aromatic heterocycles. The van der Waals surface area contributed by atoms with Gasteiger partial charge in [0, 0.05) is 12.1 Å². The first-order valence-electron chi connectivity index (χ1n) is 2.82. The third-order valence-corrected chi connectivity index (χ3v) is 1.36. The van der Waals surface area contributed by atoms with Crippen LogP contribution >= 0.6 is 0 Å². The van der Waals surface area contributed by atoms with Crippen LogP contribution in [0.2, 0.25) is 0 Å². The Morgan fingerprint density at radius 2 is 2.38 bits per heavy atom. The molecule has 2 rings (SSSR count). The lowest BCUT2D eigenvalue weighted by Crippen LogP contribution is -1.76. The molecule has 1 aliphatic carbocycles. The Labute approximate surface area is 47.9 Å². The van der Waals surface area contributed by atoms with Crippen molar-refractivity contribution in [2.24, 2.45) is 0 Å². The average Bonchev–Trinajstić information content (AvgIpc) is 2.49. The zero-order chi connectivity index (χ0) is 5.40. The molecule has 1 fully saturated rings. The summed E-state index contributed by atoms with van der Waals surface area (Å²) in [5.74, 6) is 1.49. The van der Waals surface area contributed by atoms with Crippen LogP contribution in [0, 0.1) is 5.92 Å². The van der Waals surface area contributed by atoms with Crippen molar-refractivity contribution in [3.05, 3.63) is 23.9 Å². The van der Waals surface area contributed by atoms with Gasteiger partial charge in [-0.05, 0) is 18.9 Å². The van der Waals surface area contributed by atoms with Crippen molar-refractivity contribution in [2.45, 2.75) is 12.8 Å². The number of nitrogens with one attached hydrogen (secondary N) is 1. The maximum atomic E-state index is 4.02. The third-order valence-electron chi connectivity index (χ3n) is 1.36. The molecule has 0 unspecified atom stereocenters. The highest BCUT2D eigenvalue weighted by atomic mass is 15.1. The summed E-state index contributed by atoms with van der Waals surface area (Å²) >= 11 is 0. The number of hydrogen-bond donors (Lipinski definition) is 1. The van der Waals surface area contributed by atoms with Crippen LogP contribution in [-0.2, 0) is 0 Å². The van der Waals surface area contributed by atoms with Gasteiger partial charge in [-0.2, -0.15) is 5.10 Å². The molecule has 0 saturated heterocycles. The van der Waals surface area contributed by atoms with Gasteiger partial charge in [0.2, 0.25) is 0 Å². The number of aromatic amines is 1. The summed E-state index contributed by atoms with van der Waals surface area (Å²) in [5, 5.41) is 6.80. The van der Waals surface area contributed by atoms with E-state index in [1.54, 1.807) is 0 Å². The van der Waals surface area contributed by atoms with Crippen molar-refractivity contribution in [1.29, 1.82) is 0 Å². The minimum absolute atomic E-state index is 1.16. The van der Waals surface area contributed by atoms with E-state index in [-0.39, 0.29) is 0 Å². The molecular formula is C6H7N2. The Bertz CT molecular complexity index is 163. The van der Waals surface area contributed by atoms with Crippen LogP contribution in [0.3, 0.4) is 0 Å². The number of nitrogens with zero attached hydrogens (tertiary/aromatic N) is 1. The van der Waals surface area contributed by atoms with Crippen molar-refractivity contribution in [3.63, 3.8) is 0 Å². The van der Waals surface area contributed by atoms with Crippen molar-refractivity contribution < 1.29 is 0 Å². The van der Waals surface area contributed by atoms with Crippen molar-refractivity contribution in [2.75, 3.05) is 0 Å². The highest BCUT2D eigenvalue weighted by molar-refractivity contribution is 5.29. The first-order chi connectivity index (χ1) is 3.97. The second-order valence-electron chi connectivity index (χ2n) is 2.06. The van der Waals surface area contributed by atoms with E-state index in [1.807, 2.05) is 12.3 Å². The third kappa shape index (κ3) is 0.529. The first-order valence-corrected chi connectivity index (χ1v) is 2.82. The summed E-state index contributed by atoms with van der Waals surface area (Å²) in [6.45, 7) is 0. The highest BCUT2D eigenvalue weighted by Crippen LogP contribution is 2.37. The minimum Gasteiger partial charge on any atom is -0.285 e. The van der Waals surface area contributed by atoms with Crippen LogP contribution in [0.1, 0.15) is 18.5 Å². The first kappa shape index (κ1) is 4.13. The fourth-order valence-electron chi connectivity index (χ4n) is 0.776. The Morgan fingerprint density at radius 1 is 1.50 bits per heavy atom. The predicted molar refractivity (Wildman–Crippen MR) is 30.2 cm³/mol. The number of hydrogen-bond acceptors (Lipinski definition) is 1. The number of aromatic nitrogens is 2. The molecule has 0 amide bonds. The summed E-state index contributed by atoms with van der Waals surface area (Å²) in [5.41, 5.74) is 1.16. The summed E-state index contributed by atoms with van der Waals surface area (Å²) in [7, 11) is 0. The molecule has 0 atom stereocenters. The van der Waals surface area contributed by atoms with Crippen LogP contribution in [-0.4, -0.2) is 10.2 Å². The normalized spacial score (nSPS) is 19.0. The van der Waals surface area contributed by atoms with Crippen molar-refractivity contribution in [3.8, 4) is 0 Å². The van der Waals surface area contributed by atoms with Gasteiger partial charge in [0.25, 0.3) is 0 Å². The Hall–Kier alpha value is -0.790. The van der Waals surface area contributed by atoms with Crippen molar-refractivity contribution in [1.82, 2.24) is 10.2 Å². The lowest BCUT2D eigenvalue weighted by molar-refractivity contribution is 1.04. The Balaban J connectivity index is 2.28. The fourth-order valence-corrected chi connectivity index (χ4v) is 0.776. The van der Waals surface area contributed by atoms with Crippen LogP contribution in [0.25, 0.3) is 0 Å². The predicted octanol–water partition coefficient (Wildman–Crippen LogP) is 1.13. The minimum atomic E-state index is 1.16. The largest absolute Gasteiger partial charge is 0.285 e. The lowest BCUT2D eigenvalue weighted by Gasteiger charge is -1.79. The molecule has 8 heavy (non-hydrogen) atoms. The van der Waals surface area contributed by atoms with Crippen LogP contribution < -0.4 is 0 Å². The molecule has 0 aliphatic heterocycles. The van der Waals surface area contributed by atoms with E-state index in [0.29, 0.717) is 0 Å². The maximum Gasteiger partial charge on any atom is 0.0693 e. The van der Waals surface area contributed by atoms with Gasteiger partial charge < -0.3 is 0 Å². The summed E-state index contributed by atoms with van der Waals surface area (Å²) in [6, 6.07) is 2.02. The summed E-state index contributed by atoms with van der Waals surface area (Å²) in [4.78, 5) is 0. The smallest absolute Gasteiger partial charge is 0.0693 e. The second-order valence-corrected chi connectivity index (χ2v) is 2.06. The molecule has 0 aromatic carbocycles. The van der Waals surface area contributed by atoms with E-state index < -0.39 is 0 Å². The molecule has 0 spiro atoms. The highest BCUT2D eigenvalue weighted by Gasteiger charge is 2.25.